The van der Waals surface area contributed by atoms with Crippen molar-refractivity contribution < 1.29 is 14.3 Å². The molecule has 6 aromatic rings. The molecule has 9 heteroatoms. The number of hydrogen-bond acceptors (Lipinski definition) is 5. The topological polar surface area (TPSA) is 78.0 Å². The van der Waals surface area contributed by atoms with Gasteiger partial charge < -0.3 is 13.9 Å². The zero-order chi connectivity index (χ0) is 28.3. The van der Waals surface area contributed by atoms with Gasteiger partial charge in [0.1, 0.15) is 13.2 Å². The van der Waals surface area contributed by atoms with Gasteiger partial charge in [-0.3, -0.25) is 9.59 Å². The quantitative estimate of drug-likeness (QED) is 0.267. The lowest BCUT2D eigenvalue weighted by Gasteiger charge is -2.02. The van der Waals surface area contributed by atoms with Gasteiger partial charge in [-0.05, 0) is 22.9 Å². The molecule has 0 atom stereocenters. The van der Waals surface area contributed by atoms with Crippen LogP contribution in [0.1, 0.15) is 0 Å². The highest BCUT2D eigenvalue weighted by atomic mass is 32.1. The van der Waals surface area contributed by atoms with E-state index in [1.807, 2.05) is 81.9 Å². The molecule has 41 heavy (non-hydrogen) atoms. The largest absolute Gasteiger partial charge is 0.362 e. The zero-order valence-electron chi connectivity index (χ0n) is 21.7. The van der Waals surface area contributed by atoms with Crippen LogP contribution in [-0.4, -0.2) is 34.2 Å². The van der Waals surface area contributed by atoms with Gasteiger partial charge in [0.05, 0.1) is 33.5 Å². The Morgan fingerprint density at radius 1 is 0.683 bits per heavy atom. The molecule has 0 bridgehead atoms. The average molecular weight is 575 g/mol. The van der Waals surface area contributed by atoms with Gasteiger partial charge in [-0.2, -0.15) is 9.98 Å². The Bertz CT molecular complexity index is 2060. The van der Waals surface area contributed by atoms with Gasteiger partial charge >= 0.3 is 0 Å². The van der Waals surface area contributed by atoms with E-state index < -0.39 is 11.8 Å². The smallest absolute Gasteiger partial charge is 0.274 e. The zero-order valence-corrected chi connectivity index (χ0v) is 23.4. The number of carbonyl (C=O) groups excluding carboxylic acids is 2. The van der Waals surface area contributed by atoms with E-state index in [0.717, 1.165) is 42.0 Å². The van der Waals surface area contributed by atoms with Crippen molar-refractivity contribution in [1.29, 1.82) is 0 Å². The predicted octanol–water partition coefficient (Wildman–Crippen LogP) is 4.86. The highest BCUT2D eigenvalue weighted by molar-refractivity contribution is 7.17. The van der Waals surface area contributed by atoms with Crippen molar-refractivity contribution in [2.75, 3.05) is 13.2 Å². The van der Waals surface area contributed by atoms with Crippen LogP contribution in [0.2, 0.25) is 0 Å². The summed E-state index contributed by atoms with van der Waals surface area (Å²) in [5.74, 6) is 4.23. The minimum Gasteiger partial charge on any atom is -0.362 e. The number of ether oxygens (including phenoxy) is 1. The second-order valence-electron chi connectivity index (χ2n) is 9.12. The molecule has 0 fully saturated rings. The number of benzene rings is 4. The van der Waals surface area contributed by atoms with Crippen molar-refractivity contribution in [2.24, 2.45) is 9.98 Å². The molecule has 200 valence electrons. The number of amides is 2. The molecule has 0 aliphatic carbocycles. The van der Waals surface area contributed by atoms with Crippen LogP contribution in [0.15, 0.2) is 82.8 Å². The molecule has 6 rings (SSSR count). The SMILES string of the molecule is C#CCn1c(=NC(=O)COCC(=O)N=c2sc3c4ccccc4ccc3n2CC#C)sc2c3ccccc3ccc21. The summed E-state index contributed by atoms with van der Waals surface area (Å²) in [6, 6.07) is 24.0. The Hall–Kier alpha value is -4.80. The molecule has 0 aliphatic rings. The Balaban J connectivity index is 1.23. The third kappa shape index (κ3) is 5.10. The number of nitrogens with zero attached hydrogens (tertiary/aromatic N) is 4. The number of hydrogen-bond donors (Lipinski definition) is 0. The van der Waals surface area contributed by atoms with Crippen LogP contribution in [-0.2, 0) is 27.4 Å². The van der Waals surface area contributed by atoms with Crippen molar-refractivity contribution in [3.05, 3.63) is 82.4 Å². The fraction of sp³-hybridized carbons (Fsp3) is 0.125. The molecule has 0 radical (unpaired) electrons. The molecular formula is C32H22N4O3S2. The summed E-state index contributed by atoms with van der Waals surface area (Å²) in [5.41, 5.74) is 1.81. The van der Waals surface area contributed by atoms with E-state index in [0.29, 0.717) is 9.60 Å². The van der Waals surface area contributed by atoms with Gasteiger partial charge in [-0.1, -0.05) is 95.2 Å². The van der Waals surface area contributed by atoms with Crippen molar-refractivity contribution in [3.8, 4) is 24.7 Å². The molecular weight excluding hydrogens is 553 g/mol. The van der Waals surface area contributed by atoms with Gasteiger partial charge in [0.25, 0.3) is 11.8 Å². The van der Waals surface area contributed by atoms with E-state index in [1.54, 1.807) is 0 Å². The van der Waals surface area contributed by atoms with E-state index >= 15 is 0 Å². The first-order valence-electron chi connectivity index (χ1n) is 12.7. The Morgan fingerprint density at radius 3 is 1.56 bits per heavy atom. The van der Waals surface area contributed by atoms with Gasteiger partial charge in [-0.15, -0.1) is 12.8 Å². The van der Waals surface area contributed by atoms with E-state index in [-0.39, 0.29) is 26.3 Å². The van der Waals surface area contributed by atoms with Crippen LogP contribution in [0, 0.1) is 24.7 Å². The Morgan fingerprint density at radius 2 is 1.12 bits per heavy atom. The minimum absolute atomic E-state index is 0.269. The predicted molar refractivity (Wildman–Crippen MR) is 164 cm³/mol. The molecule has 2 heterocycles. The van der Waals surface area contributed by atoms with Crippen LogP contribution >= 0.6 is 22.7 Å². The number of terminal acetylenes is 2. The van der Waals surface area contributed by atoms with Gasteiger partial charge in [0.2, 0.25) is 0 Å². The summed E-state index contributed by atoms with van der Waals surface area (Å²) in [6.45, 7) is -0.197. The monoisotopic (exact) mass is 574 g/mol. The van der Waals surface area contributed by atoms with Crippen LogP contribution in [0.25, 0.3) is 42.0 Å². The number of fused-ring (bicyclic) bond motifs is 6. The summed E-state index contributed by atoms with van der Waals surface area (Å²) >= 11 is 2.79. The highest BCUT2D eigenvalue weighted by Gasteiger charge is 2.13. The fourth-order valence-electron chi connectivity index (χ4n) is 4.76. The van der Waals surface area contributed by atoms with E-state index in [9.17, 15) is 9.59 Å². The third-order valence-corrected chi connectivity index (χ3v) is 8.79. The second-order valence-corrected chi connectivity index (χ2v) is 11.1. The molecule has 0 spiro atoms. The molecule has 0 aliphatic heterocycles. The van der Waals surface area contributed by atoms with Crippen molar-refractivity contribution in [2.45, 2.75) is 13.1 Å². The normalized spacial score (nSPS) is 12.3. The van der Waals surface area contributed by atoms with E-state index in [4.69, 9.17) is 17.6 Å². The Labute approximate surface area is 242 Å². The van der Waals surface area contributed by atoms with Gasteiger partial charge in [-0.25, -0.2) is 0 Å². The van der Waals surface area contributed by atoms with Crippen LogP contribution in [0.5, 0.6) is 0 Å². The molecule has 0 N–H and O–H groups in total. The molecule has 4 aromatic carbocycles. The maximum atomic E-state index is 12.7. The standard InChI is InChI=1S/C32H22N4O3S2/c1-3-17-35-25-15-13-21-9-5-7-11-23(21)29(25)40-31(35)33-27(37)19-39-20-28(38)34-32-36(18-4-2)26-16-14-22-10-6-8-12-24(22)30(26)41-32/h1-2,5-16H,17-20H2. The van der Waals surface area contributed by atoms with Crippen molar-refractivity contribution >= 4 is 76.5 Å². The Kier molecular flexibility index (Phi) is 7.32. The minimum atomic E-state index is -0.518. The fourth-order valence-corrected chi connectivity index (χ4v) is 7.12. The van der Waals surface area contributed by atoms with Crippen LogP contribution < -0.4 is 9.60 Å². The summed E-state index contributed by atoms with van der Waals surface area (Å²) in [4.78, 5) is 34.9. The lowest BCUT2D eigenvalue weighted by atomic mass is 10.1. The summed E-state index contributed by atoms with van der Waals surface area (Å²) in [5, 5.41) is 4.31. The first kappa shape index (κ1) is 26.4. The van der Waals surface area contributed by atoms with E-state index in [2.05, 4.69) is 21.8 Å². The molecule has 0 saturated carbocycles. The number of aromatic nitrogens is 2. The first-order valence-corrected chi connectivity index (χ1v) is 14.3. The maximum absolute atomic E-state index is 12.7. The second kappa shape index (κ2) is 11.4. The van der Waals surface area contributed by atoms with Crippen molar-refractivity contribution in [3.63, 3.8) is 0 Å². The molecule has 2 aromatic heterocycles. The summed E-state index contributed by atoms with van der Waals surface area (Å²) in [7, 11) is 0. The first-order chi connectivity index (χ1) is 20.1. The molecule has 7 nitrogen and oxygen atoms in total. The number of carbonyl (C=O) groups is 2. The van der Waals surface area contributed by atoms with Gasteiger partial charge in [0.15, 0.2) is 9.60 Å². The van der Waals surface area contributed by atoms with Gasteiger partial charge in [0, 0.05) is 10.8 Å². The highest BCUT2D eigenvalue weighted by Crippen LogP contribution is 2.28. The van der Waals surface area contributed by atoms with Crippen molar-refractivity contribution in [1.82, 2.24) is 9.13 Å². The summed E-state index contributed by atoms with van der Waals surface area (Å²) < 4.78 is 11.1. The lowest BCUT2D eigenvalue weighted by molar-refractivity contribution is -0.127. The molecule has 2 amide bonds. The maximum Gasteiger partial charge on any atom is 0.274 e. The molecule has 0 unspecified atom stereocenters. The lowest BCUT2D eigenvalue weighted by Crippen LogP contribution is -2.21. The van der Waals surface area contributed by atoms with Crippen LogP contribution in [0.4, 0.5) is 0 Å². The summed E-state index contributed by atoms with van der Waals surface area (Å²) in [6.07, 6.45) is 11.2. The third-order valence-electron chi connectivity index (χ3n) is 6.54. The molecule has 0 saturated heterocycles. The number of thiazole rings is 2. The average Bonchev–Trinajstić information content (AvgIpc) is 3.51. The number of rotatable bonds is 6. The van der Waals surface area contributed by atoms with Crippen LogP contribution in [0.3, 0.4) is 0 Å². The van der Waals surface area contributed by atoms with E-state index in [1.165, 1.54) is 22.7 Å².